The summed E-state index contributed by atoms with van der Waals surface area (Å²) >= 11 is 0. The van der Waals surface area contributed by atoms with E-state index >= 15 is 0 Å². The molecule has 0 bridgehead atoms. The van der Waals surface area contributed by atoms with Crippen LogP contribution in [0.15, 0.2) is 48.5 Å². The highest BCUT2D eigenvalue weighted by molar-refractivity contribution is 5.95. The fourth-order valence-corrected chi connectivity index (χ4v) is 2.95. The van der Waals surface area contributed by atoms with Crippen LogP contribution in [-0.4, -0.2) is 38.0 Å². The van der Waals surface area contributed by atoms with E-state index in [0.717, 1.165) is 18.4 Å². The predicted molar refractivity (Wildman–Crippen MR) is 107 cm³/mol. The Morgan fingerprint density at radius 2 is 1.93 bits per heavy atom. The van der Waals surface area contributed by atoms with Gasteiger partial charge in [0, 0.05) is 16.8 Å². The van der Waals surface area contributed by atoms with Crippen molar-refractivity contribution < 1.29 is 14.3 Å². The Kier molecular flexibility index (Phi) is 5.07. The lowest BCUT2D eigenvalue weighted by molar-refractivity contribution is -0.122. The lowest BCUT2D eigenvalue weighted by atomic mass is 10.1. The minimum Gasteiger partial charge on any atom is -0.481 e. The predicted octanol–water partition coefficient (Wildman–Crippen LogP) is 3.28. The summed E-state index contributed by atoms with van der Waals surface area (Å²) in [6.07, 6.45) is 1.45. The molecule has 2 aromatic carbocycles. The van der Waals surface area contributed by atoms with E-state index in [1.54, 1.807) is 37.3 Å². The van der Waals surface area contributed by atoms with Crippen molar-refractivity contribution in [1.29, 1.82) is 0 Å². The van der Waals surface area contributed by atoms with Crippen LogP contribution in [0.5, 0.6) is 5.75 Å². The summed E-state index contributed by atoms with van der Waals surface area (Å²) in [4.78, 5) is 23.9. The van der Waals surface area contributed by atoms with E-state index in [4.69, 9.17) is 4.74 Å². The molecule has 148 valence electrons. The average molecular weight is 391 g/mol. The SMILES string of the molecule is CC(=O)c1ccc(OC(C)C(=O)Nc2cccc(-c3nnnn3C3CC3)c2)cc1. The number of aromatic nitrogens is 4. The van der Waals surface area contributed by atoms with Gasteiger partial charge >= 0.3 is 0 Å². The van der Waals surface area contributed by atoms with Crippen LogP contribution in [0.1, 0.15) is 43.1 Å². The molecule has 1 saturated carbocycles. The Balaban J connectivity index is 1.42. The molecule has 1 N–H and O–H groups in total. The summed E-state index contributed by atoms with van der Waals surface area (Å²) in [6, 6.07) is 14.5. The third-order valence-corrected chi connectivity index (χ3v) is 4.72. The first-order valence-corrected chi connectivity index (χ1v) is 9.48. The topological polar surface area (TPSA) is 99.0 Å². The first kappa shape index (κ1) is 18.8. The molecule has 0 spiro atoms. The van der Waals surface area contributed by atoms with Gasteiger partial charge in [0.05, 0.1) is 6.04 Å². The van der Waals surface area contributed by atoms with Crippen LogP contribution in [0.3, 0.4) is 0 Å². The minimum absolute atomic E-state index is 0.0186. The maximum absolute atomic E-state index is 12.5. The van der Waals surface area contributed by atoms with Crippen molar-refractivity contribution in [2.24, 2.45) is 0 Å². The highest BCUT2D eigenvalue weighted by atomic mass is 16.5. The summed E-state index contributed by atoms with van der Waals surface area (Å²) in [7, 11) is 0. The van der Waals surface area contributed by atoms with E-state index in [2.05, 4.69) is 20.8 Å². The number of benzene rings is 2. The summed E-state index contributed by atoms with van der Waals surface area (Å²) in [5.41, 5.74) is 2.08. The van der Waals surface area contributed by atoms with E-state index in [1.807, 2.05) is 22.9 Å². The van der Waals surface area contributed by atoms with E-state index in [0.29, 0.717) is 28.9 Å². The first-order valence-electron chi connectivity index (χ1n) is 9.48. The molecule has 1 amide bonds. The van der Waals surface area contributed by atoms with Crippen molar-refractivity contribution in [3.8, 4) is 17.1 Å². The van der Waals surface area contributed by atoms with Crippen LogP contribution in [0.25, 0.3) is 11.4 Å². The molecule has 3 aromatic rings. The molecule has 0 aliphatic heterocycles. The number of rotatable bonds is 7. The van der Waals surface area contributed by atoms with Crippen LogP contribution in [0.4, 0.5) is 5.69 Å². The number of amides is 1. The highest BCUT2D eigenvalue weighted by Gasteiger charge is 2.28. The van der Waals surface area contributed by atoms with Gasteiger partial charge in [-0.3, -0.25) is 9.59 Å². The second-order valence-corrected chi connectivity index (χ2v) is 7.09. The minimum atomic E-state index is -0.710. The van der Waals surface area contributed by atoms with Gasteiger partial charge in [-0.1, -0.05) is 12.1 Å². The van der Waals surface area contributed by atoms with E-state index in [9.17, 15) is 9.59 Å². The summed E-state index contributed by atoms with van der Waals surface area (Å²) in [5, 5.41) is 14.8. The maximum atomic E-state index is 12.5. The molecule has 0 saturated heterocycles. The van der Waals surface area contributed by atoms with Crippen LogP contribution in [0, 0.1) is 0 Å². The Hall–Kier alpha value is -3.55. The smallest absolute Gasteiger partial charge is 0.265 e. The number of tetrazole rings is 1. The lowest BCUT2D eigenvalue weighted by Gasteiger charge is -2.15. The van der Waals surface area contributed by atoms with Gasteiger partial charge in [0.2, 0.25) is 0 Å². The lowest BCUT2D eigenvalue weighted by Crippen LogP contribution is -2.30. The van der Waals surface area contributed by atoms with Crippen molar-refractivity contribution in [2.75, 3.05) is 5.32 Å². The molecule has 29 heavy (non-hydrogen) atoms. The van der Waals surface area contributed by atoms with Gasteiger partial charge in [-0.25, -0.2) is 4.68 Å². The van der Waals surface area contributed by atoms with E-state index in [-0.39, 0.29) is 11.7 Å². The molecule has 8 nitrogen and oxygen atoms in total. The van der Waals surface area contributed by atoms with Gasteiger partial charge in [0.1, 0.15) is 5.75 Å². The second kappa shape index (κ2) is 7.83. The summed E-state index contributed by atoms with van der Waals surface area (Å²) in [6.45, 7) is 3.18. The van der Waals surface area contributed by atoms with E-state index < -0.39 is 6.10 Å². The normalized spacial score (nSPS) is 14.3. The van der Waals surface area contributed by atoms with Gasteiger partial charge in [0.15, 0.2) is 17.7 Å². The van der Waals surface area contributed by atoms with Gasteiger partial charge < -0.3 is 10.1 Å². The zero-order valence-corrected chi connectivity index (χ0v) is 16.2. The third kappa shape index (κ3) is 4.31. The Morgan fingerprint density at radius 1 is 1.17 bits per heavy atom. The van der Waals surface area contributed by atoms with Crippen LogP contribution in [0.2, 0.25) is 0 Å². The average Bonchev–Trinajstić information content (AvgIpc) is 3.44. The number of hydrogen-bond donors (Lipinski definition) is 1. The molecule has 1 fully saturated rings. The van der Waals surface area contributed by atoms with Gasteiger partial charge in [-0.2, -0.15) is 0 Å². The molecule has 1 aliphatic carbocycles. The van der Waals surface area contributed by atoms with Gasteiger partial charge in [-0.15, -0.1) is 5.10 Å². The van der Waals surface area contributed by atoms with Crippen molar-refractivity contribution in [3.05, 3.63) is 54.1 Å². The van der Waals surface area contributed by atoms with Gasteiger partial charge in [0.25, 0.3) is 5.91 Å². The third-order valence-electron chi connectivity index (χ3n) is 4.72. The number of carbonyl (C=O) groups excluding carboxylic acids is 2. The van der Waals surface area contributed by atoms with Crippen LogP contribution < -0.4 is 10.1 Å². The summed E-state index contributed by atoms with van der Waals surface area (Å²) in [5.74, 6) is 0.919. The molecule has 4 rings (SSSR count). The zero-order chi connectivity index (χ0) is 20.4. The maximum Gasteiger partial charge on any atom is 0.265 e. The molecule has 1 heterocycles. The molecule has 1 aromatic heterocycles. The number of anilines is 1. The number of ketones is 1. The number of Topliss-reactive ketones (excluding diaryl/α,β-unsaturated/α-hetero) is 1. The van der Waals surface area contributed by atoms with Crippen molar-refractivity contribution in [3.63, 3.8) is 0 Å². The molecule has 1 atom stereocenters. The van der Waals surface area contributed by atoms with Crippen LogP contribution >= 0.6 is 0 Å². The largest absolute Gasteiger partial charge is 0.481 e. The highest BCUT2D eigenvalue weighted by Crippen LogP contribution is 2.36. The monoisotopic (exact) mass is 391 g/mol. The second-order valence-electron chi connectivity index (χ2n) is 7.09. The Morgan fingerprint density at radius 3 is 2.62 bits per heavy atom. The molecule has 1 aliphatic rings. The number of nitrogens with zero attached hydrogens (tertiary/aromatic N) is 4. The molecule has 1 unspecified atom stereocenters. The number of hydrogen-bond acceptors (Lipinski definition) is 6. The summed E-state index contributed by atoms with van der Waals surface area (Å²) < 4.78 is 7.52. The molecule has 8 heteroatoms. The fourth-order valence-electron chi connectivity index (χ4n) is 2.95. The van der Waals surface area contributed by atoms with E-state index in [1.165, 1.54) is 6.92 Å². The molecular weight excluding hydrogens is 370 g/mol. The number of carbonyl (C=O) groups is 2. The van der Waals surface area contributed by atoms with Crippen molar-refractivity contribution in [1.82, 2.24) is 20.2 Å². The Bertz CT molecular complexity index is 1040. The molecule has 0 radical (unpaired) electrons. The van der Waals surface area contributed by atoms with Crippen molar-refractivity contribution in [2.45, 2.75) is 38.8 Å². The standard InChI is InChI=1S/C21H21N5O3/c1-13(27)15-6-10-19(11-7-15)29-14(2)21(28)22-17-5-3-4-16(12-17)20-23-24-25-26(20)18-8-9-18/h3-7,10-12,14,18H,8-9H2,1-2H3,(H,22,28). The quantitative estimate of drug-likeness (QED) is 0.621. The fraction of sp³-hybridized carbons (Fsp3) is 0.286. The number of nitrogens with one attached hydrogen (secondary N) is 1. The molecular formula is C21H21N5O3. The Labute approximate surface area is 167 Å². The van der Waals surface area contributed by atoms with Crippen LogP contribution in [-0.2, 0) is 4.79 Å². The number of ether oxygens (including phenoxy) is 1. The first-order chi connectivity index (χ1) is 14.0. The zero-order valence-electron chi connectivity index (χ0n) is 16.2. The van der Waals surface area contributed by atoms with Gasteiger partial charge in [-0.05, 0) is 73.5 Å². The van der Waals surface area contributed by atoms with Crippen molar-refractivity contribution >= 4 is 17.4 Å².